The van der Waals surface area contributed by atoms with Crippen LogP contribution in [0.15, 0.2) is 60.7 Å². The van der Waals surface area contributed by atoms with Crippen molar-refractivity contribution in [2.24, 2.45) is 0 Å². The van der Waals surface area contributed by atoms with Gasteiger partial charge in [0.2, 0.25) is 0 Å². The summed E-state index contributed by atoms with van der Waals surface area (Å²) in [6, 6.07) is 16.6. The molecule has 0 saturated carbocycles. The van der Waals surface area contributed by atoms with Crippen molar-refractivity contribution in [1.82, 2.24) is 0 Å². The maximum atomic E-state index is 12.5. The number of benzene rings is 3. The maximum absolute atomic E-state index is 12.5. The summed E-state index contributed by atoms with van der Waals surface area (Å²) in [6.07, 6.45) is 0. The molecule has 3 aromatic carbocycles. The average molecular weight is 368 g/mol. The second-order valence-corrected chi connectivity index (χ2v) is 6.08. The van der Waals surface area contributed by atoms with Crippen molar-refractivity contribution in [3.63, 3.8) is 0 Å². The highest BCUT2D eigenvalue weighted by Gasteiger charge is 2.53. The second-order valence-electron chi connectivity index (χ2n) is 6.08. The number of fused-ring (bicyclic) bond motifs is 6. The molecule has 26 heavy (non-hydrogen) atoms. The predicted octanol–water partition coefficient (Wildman–Crippen LogP) is 0.670. The number of rotatable bonds is 0. The molecular weight excluding hydrogens is 356 g/mol. The molecule has 2 aliphatic heterocycles. The molecule has 130 valence electrons. The second kappa shape index (κ2) is 5.41. The fraction of sp³-hybridized carbons (Fsp3) is 0.0500. The summed E-state index contributed by atoms with van der Waals surface area (Å²) in [6.45, 7) is 0. The Morgan fingerprint density at radius 2 is 1.35 bits per heavy atom. The van der Waals surface area contributed by atoms with E-state index in [4.69, 9.17) is 9.47 Å². The summed E-state index contributed by atoms with van der Waals surface area (Å²) in [5.41, 5.74) is 1.28. The van der Waals surface area contributed by atoms with Gasteiger partial charge in [0.05, 0.1) is 5.56 Å². The number of carbonyl (C=O) groups excluding carboxylic acids is 1. The molecule has 0 atom stereocenters. The standard InChI is InChI=1S/C20H12O5.ClH/c21-11-5-7-15-17(9-11)24-18-10-12(22)6-8-16(18)20(15)14-4-2-1-3-13(14)19(23)25-20;/h1-10,21-22H;1H/p-1. The molecule has 0 aromatic heterocycles. The van der Waals surface area contributed by atoms with Gasteiger partial charge in [0.25, 0.3) is 0 Å². The van der Waals surface area contributed by atoms with E-state index in [1.165, 1.54) is 24.3 Å². The van der Waals surface area contributed by atoms with E-state index in [1.807, 2.05) is 12.1 Å². The van der Waals surface area contributed by atoms with E-state index in [9.17, 15) is 15.0 Å². The lowest BCUT2D eigenvalue weighted by molar-refractivity contribution is -0.0000525. The topological polar surface area (TPSA) is 76.0 Å². The summed E-state index contributed by atoms with van der Waals surface area (Å²) in [7, 11) is 0. The molecule has 2 aliphatic rings. The highest BCUT2D eigenvalue weighted by atomic mass is 35.5. The van der Waals surface area contributed by atoms with Gasteiger partial charge >= 0.3 is 5.97 Å². The fourth-order valence-corrected chi connectivity index (χ4v) is 3.65. The lowest BCUT2D eigenvalue weighted by Gasteiger charge is -2.36. The molecule has 5 nitrogen and oxygen atoms in total. The van der Waals surface area contributed by atoms with Crippen molar-refractivity contribution in [2.45, 2.75) is 5.60 Å². The van der Waals surface area contributed by atoms with Crippen LogP contribution in [0.1, 0.15) is 27.0 Å². The third-order valence-corrected chi connectivity index (χ3v) is 4.68. The number of carbonyl (C=O) groups is 1. The minimum Gasteiger partial charge on any atom is -1.00 e. The summed E-state index contributed by atoms with van der Waals surface area (Å²) in [5.74, 6) is 0.408. The summed E-state index contributed by atoms with van der Waals surface area (Å²) < 4.78 is 11.8. The van der Waals surface area contributed by atoms with Crippen molar-refractivity contribution in [1.29, 1.82) is 0 Å². The SMILES string of the molecule is O=C1OC2(c3ccc(O)cc3Oc3cc(O)ccc32)c2ccccc21.[Cl-]. The quantitative estimate of drug-likeness (QED) is 0.571. The van der Waals surface area contributed by atoms with Crippen LogP contribution in [-0.4, -0.2) is 16.2 Å². The van der Waals surface area contributed by atoms with E-state index >= 15 is 0 Å². The van der Waals surface area contributed by atoms with E-state index in [-0.39, 0.29) is 23.9 Å². The van der Waals surface area contributed by atoms with Gasteiger partial charge in [-0.05, 0) is 30.3 Å². The molecule has 0 unspecified atom stereocenters. The van der Waals surface area contributed by atoms with Gasteiger partial charge in [-0.1, -0.05) is 18.2 Å². The van der Waals surface area contributed by atoms with Crippen LogP contribution in [0, 0.1) is 0 Å². The lowest BCUT2D eigenvalue weighted by Crippen LogP contribution is -3.00. The Bertz CT molecular complexity index is 1010. The van der Waals surface area contributed by atoms with Crippen LogP contribution >= 0.6 is 0 Å². The number of ether oxygens (including phenoxy) is 2. The molecule has 1 spiro atoms. The third kappa shape index (κ3) is 1.95. The van der Waals surface area contributed by atoms with Crippen molar-refractivity contribution in [2.75, 3.05) is 0 Å². The Kier molecular flexibility index (Phi) is 3.39. The van der Waals surface area contributed by atoms with Gasteiger partial charge in [-0.3, -0.25) is 0 Å². The van der Waals surface area contributed by atoms with Crippen molar-refractivity contribution >= 4 is 5.97 Å². The number of phenols is 2. The molecule has 5 rings (SSSR count). The maximum Gasteiger partial charge on any atom is 0.340 e. The molecule has 0 amide bonds. The van der Waals surface area contributed by atoms with E-state index in [0.717, 1.165) is 0 Å². The molecule has 2 heterocycles. The van der Waals surface area contributed by atoms with Gasteiger partial charge in [-0.15, -0.1) is 0 Å². The Balaban J connectivity index is 0.00000168. The van der Waals surface area contributed by atoms with E-state index in [2.05, 4.69) is 0 Å². The summed E-state index contributed by atoms with van der Waals surface area (Å²) in [5, 5.41) is 19.7. The average Bonchev–Trinajstić information content (AvgIpc) is 2.88. The first-order chi connectivity index (χ1) is 12.1. The van der Waals surface area contributed by atoms with Gasteiger partial charge in [-0.2, -0.15) is 0 Å². The fourth-order valence-electron chi connectivity index (χ4n) is 3.65. The van der Waals surface area contributed by atoms with Crippen LogP contribution in [0.4, 0.5) is 0 Å². The highest BCUT2D eigenvalue weighted by Crippen LogP contribution is 2.56. The Hall–Kier alpha value is -3.18. The van der Waals surface area contributed by atoms with Crippen LogP contribution in [0.3, 0.4) is 0 Å². The number of hydrogen-bond donors (Lipinski definition) is 2. The third-order valence-electron chi connectivity index (χ3n) is 4.68. The van der Waals surface area contributed by atoms with Gasteiger partial charge in [0, 0.05) is 28.8 Å². The Morgan fingerprint density at radius 3 is 1.96 bits per heavy atom. The smallest absolute Gasteiger partial charge is 0.340 e. The van der Waals surface area contributed by atoms with Gasteiger partial charge in [0.15, 0.2) is 5.60 Å². The van der Waals surface area contributed by atoms with Crippen LogP contribution < -0.4 is 17.1 Å². The summed E-state index contributed by atoms with van der Waals surface area (Å²) in [4.78, 5) is 12.5. The van der Waals surface area contributed by atoms with Crippen LogP contribution in [-0.2, 0) is 10.3 Å². The normalized spacial score (nSPS) is 15.2. The first-order valence-corrected chi connectivity index (χ1v) is 7.77. The molecule has 3 aromatic rings. The molecule has 0 aliphatic carbocycles. The number of phenolic OH excluding ortho intramolecular Hbond substituents is 2. The van der Waals surface area contributed by atoms with Crippen molar-refractivity contribution in [3.8, 4) is 23.0 Å². The summed E-state index contributed by atoms with van der Waals surface area (Å²) >= 11 is 0. The first-order valence-electron chi connectivity index (χ1n) is 7.77. The van der Waals surface area contributed by atoms with Gasteiger partial charge in [0.1, 0.15) is 23.0 Å². The molecule has 0 bridgehead atoms. The number of esters is 1. The molecular formula is C20H12ClO5-. The first kappa shape index (κ1) is 16.3. The highest BCUT2D eigenvalue weighted by molar-refractivity contribution is 5.97. The van der Waals surface area contributed by atoms with Crippen LogP contribution in [0.2, 0.25) is 0 Å². The zero-order valence-electron chi connectivity index (χ0n) is 13.3. The predicted molar refractivity (Wildman–Crippen MR) is 88.0 cm³/mol. The zero-order chi connectivity index (χ0) is 17.2. The van der Waals surface area contributed by atoms with Crippen LogP contribution in [0.5, 0.6) is 23.0 Å². The number of halogens is 1. The molecule has 0 fully saturated rings. The van der Waals surface area contributed by atoms with Crippen LogP contribution in [0.25, 0.3) is 0 Å². The molecule has 0 radical (unpaired) electrons. The zero-order valence-corrected chi connectivity index (χ0v) is 14.0. The minimum absolute atomic E-state index is 0. The van der Waals surface area contributed by atoms with E-state index in [0.29, 0.717) is 33.8 Å². The van der Waals surface area contributed by atoms with E-state index < -0.39 is 11.6 Å². The molecule has 0 saturated heterocycles. The number of aromatic hydroxyl groups is 2. The monoisotopic (exact) mass is 367 g/mol. The van der Waals surface area contributed by atoms with Gasteiger partial charge < -0.3 is 32.1 Å². The van der Waals surface area contributed by atoms with Crippen molar-refractivity contribution in [3.05, 3.63) is 82.9 Å². The molecule has 2 N–H and O–H groups in total. The number of hydrogen-bond acceptors (Lipinski definition) is 5. The van der Waals surface area contributed by atoms with E-state index in [1.54, 1.807) is 24.3 Å². The lowest BCUT2D eigenvalue weighted by atomic mass is 9.77. The van der Waals surface area contributed by atoms with Crippen molar-refractivity contribution < 1.29 is 36.9 Å². The largest absolute Gasteiger partial charge is 1.00 e. The Labute approximate surface area is 154 Å². The molecule has 6 heteroatoms. The minimum atomic E-state index is -1.17. The Morgan fingerprint density at radius 1 is 0.769 bits per heavy atom. The van der Waals surface area contributed by atoms with Gasteiger partial charge in [-0.25, -0.2) is 4.79 Å².